The second-order valence-corrected chi connectivity index (χ2v) is 5.35. The number of allylic oxidation sites excluding steroid dienone is 4. The van der Waals surface area contributed by atoms with E-state index in [2.05, 4.69) is 19.1 Å². The molecule has 0 N–H and O–H groups in total. The van der Waals surface area contributed by atoms with E-state index in [0.717, 1.165) is 31.3 Å². The van der Waals surface area contributed by atoms with Gasteiger partial charge in [0, 0.05) is 5.92 Å². The fourth-order valence-corrected chi connectivity index (χ4v) is 3.02. The summed E-state index contributed by atoms with van der Waals surface area (Å²) in [6.45, 7) is 2.21. The van der Waals surface area contributed by atoms with Crippen LogP contribution in [0, 0.1) is 5.92 Å². The van der Waals surface area contributed by atoms with Crippen molar-refractivity contribution in [1.82, 2.24) is 0 Å². The summed E-state index contributed by atoms with van der Waals surface area (Å²) in [5.41, 5.74) is 2.56. The molecule has 1 heteroatoms. The average Bonchev–Trinajstić information content (AvgIpc) is 3.02. The predicted molar refractivity (Wildman–Crippen MR) is 71.9 cm³/mol. The van der Waals surface area contributed by atoms with Gasteiger partial charge in [0.2, 0.25) is 0 Å². The van der Waals surface area contributed by atoms with Crippen LogP contribution in [0.15, 0.2) is 23.3 Å². The first-order valence-corrected chi connectivity index (χ1v) is 7.25. The van der Waals surface area contributed by atoms with Gasteiger partial charge in [-0.2, -0.15) is 0 Å². The largest absolute Gasteiger partial charge is 0.294 e. The first-order valence-electron chi connectivity index (χ1n) is 7.25. The second-order valence-electron chi connectivity index (χ2n) is 5.35. The molecule has 0 spiro atoms. The van der Waals surface area contributed by atoms with Gasteiger partial charge in [0.1, 0.15) is 0 Å². The van der Waals surface area contributed by atoms with Gasteiger partial charge in [-0.1, -0.05) is 37.5 Å². The molecular weight excluding hydrogens is 208 g/mol. The molecule has 2 aliphatic rings. The maximum Gasteiger partial charge on any atom is 0.165 e. The zero-order chi connectivity index (χ0) is 12.1. The van der Waals surface area contributed by atoms with Crippen molar-refractivity contribution in [2.75, 3.05) is 0 Å². The third-order valence-corrected chi connectivity index (χ3v) is 4.04. The Morgan fingerprint density at radius 2 is 2.00 bits per heavy atom. The van der Waals surface area contributed by atoms with Gasteiger partial charge in [-0.25, -0.2) is 0 Å². The summed E-state index contributed by atoms with van der Waals surface area (Å²) in [6.07, 6.45) is 14.9. The van der Waals surface area contributed by atoms with E-state index < -0.39 is 0 Å². The Bertz CT molecular complexity index is 335. The molecule has 0 aromatic rings. The molecule has 0 aromatic carbocycles. The molecule has 0 amide bonds. The summed E-state index contributed by atoms with van der Waals surface area (Å²) in [5, 5.41) is 0. The van der Waals surface area contributed by atoms with Crippen LogP contribution in [-0.2, 0) is 4.79 Å². The van der Waals surface area contributed by atoms with Crippen LogP contribution in [0.1, 0.15) is 64.7 Å². The number of Topliss-reactive ketones (excluding diaryl/α,β-unsaturated/α-hetero) is 1. The van der Waals surface area contributed by atoms with Gasteiger partial charge in [0.15, 0.2) is 5.78 Å². The van der Waals surface area contributed by atoms with Crippen LogP contribution in [0.4, 0.5) is 0 Å². The molecule has 0 fully saturated rings. The molecular formula is C16H24O. The van der Waals surface area contributed by atoms with E-state index in [-0.39, 0.29) is 5.92 Å². The Hall–Kier alpha value is -0.850. The van der Waals surface area contributed by atoms with Gasteiger partial charge in [-0.3, -0.25) is 4.79 Å². The summed E-state index contributed by atoms with van der Waals surface area (Å²) in [4.78, 5) is 12.5. The van der Waals surface area contributed by atoms with Crippen LogP contribution in [0.2, 0.25) is 0 Å². The minimum Gasteiger partial charge on any atom is -0.294 e. The van der Waals surface area contributed by atoms with Crippen LogP contribution in [0.25, 0.3) is 0 Å². The van der Waals surface area contributed by atoms with Gasteiger partial charge in [0.25, 0.3) is 0 Å². The molecule has 1 unspecified atom stereocenters. The average molecular weight is 232 g/mol. The molecule has 1 nitrogen and oxygen atoms in total. The molecule has 0 saturated carbocycles. The van der Waals surface area contributed by atoms with Crippen molar-refractivity contribution < 1.29 is 4.79 Å². The van der Waals surface area contributed by atoms with Crippen molar-refractivity contribution in [3.05, 3.63) is 23.3 Å². The van der Waals surface area contributed by atoms with Crippen molar-refractivity contribution in [2.24, 2.45) is 5.92 Å². The van der Waals surface area contributed by atoms with E-state index in [1.807, 2.05) is 0 Å². The van der Waals surface area contributed by atoms with E-state index >= 15 is 0 Å². The maximum absolute atomic E-state index is 12.5. The summed E-state index contributed by atoms with van der Waals surface area (Å²) in [6, 6.07) is 0. The van der Waals surface area contributed by atoms with Gasteiger partial charge >= 0.3 is 0 Å². The summed E-state index contributed by atoms with van der Waals surface area (Å²) in [5.74, 6) is 0.672. The molecule has 2 aliphatic carbocycles. The van der Waals surface area contributed by atoms with Crippen LogP contribution in [0.5, 0.6) is 0 Å². The number of hydrogen-bond donors (Lipinski definition) is 0. The lowest BCUT2D eigenvalue weighted by molar-refractivity contribution is -0.118. The summed E-state index contributed by atoms with van der Waals surface area (Å²) >= 11 is 0. The topological polar surface area (TPSA) is 17.1 Å². The fraction of sp³-hybridized carbons (Fsp3) is 0.688. The number of unbranched alkanes of at least 4 members (excludes halogenated alkanes) is 1. The maximum atomic E-state index is 12.5. The highest BCUT2D eigenvalue weighted by Crippen LogP contribution is 2.33. The van der Waals surface area contributed by atoms with Gasteiger partial charge in [-0.05, 0) is 50.5 Å². The SMILES string of the molecule is CCCCC(C(=O)C1=CCCC1)C1=CCCC1. The second kappa shape index (κ2) is 6.18. The molecule has 0 radical (unpaired) electrons. The lowest BCUT2D eigenvalue weighted by atomic mass is 9.85. The Labute approximate surface area is 105 Å². The van der Waals surface area contributed by atoms with Crippen molar-refractivity contribution in [2.45, 2.75) is 64.7 Å². The van der Waals surface area contributed by atoms with Crippen molar-refractivity contribution in [3.8, 4) is 0 Å². The zero-order valence-corrected chi connectivity index (χ0v) is 11.0. The van der Waals surface area contributed by atoms with Crippen LogP contribution >= 0.6 is 0 Å². The van der Waals surface area contributed by atoms with Gasteiger partial charge in [0.05, 0.1) is 0 Å². The predicted octanol–water partition coefficient (Wildman–Crippen LogP) is 4.58. The number of ketones is 1. The smallest absolute Gasteiger partial charge is 0.165 e. The van der Waals surface area contributed by atoms with Crippen molar-refractivity contribution >= 4 is 5.78 Å². The normalized spacial score (nSPS) is 21.2. The number of rotatable bonds is 6. The van der Waals surface area contributed by atoms with E-state index in [1.165, 1.54) is 37.7 Å². The first kappa shape index (κ1) is 12.6. The lowest BCUT2D eigenvalue weighted by Gasteiger charge is -2.17. The van der Waals surface area contributed by atoms with Gasteiger partial charge < -0.3 is 0 Å². The van der Waals surface area contributed by atoms with E-state index in [1.54, 1.807) is 0 Å². The quantitative estimate of drug-likeness (QED) is 0.612. The Balaban J connectivity index is 2.05. The van der Waals surface area contributed by atoms with E-state index in [9.17, 15) is 4.79 Å². The minimum absolute atomic E-state index is 0.224. The van der Waals surface area contributed by atoms with E-state index in [0.29, 0.717) is 5.78 Å². The monoisotopic (exact) mass is 232 g/mol. The summed E-state index contributed by atoms with van der Waals surface area (Å²) in [7, 11) is 0. The molecule has 0 bridgehead atoms. The van der Waals surface area contributed by atoms with Crippen LogP contribution < -0.4 is 0 Å². The van der Waals surface area contributed by atoms with E-state index in [4.69, 9.17) is 0 Å². The lowest BCUT2D eigenvalue weighted by Crippen LogP contribution is -2.18. The third kappa shape index (κ3) is 3.08. The zero-order valence-electron chi connectivity index (χ0n) is 11.0. The molecule has 94 valence electrons. The van der Waals surface area contributed by atoms with Gasteiger partial charge in [-0.15, -0.1) is 0 Å². The van der Waals surface area contributed by atoms with Crippen LogP contribution in [-0.4, -0.2) is 5.78 Å². The highest BCUT2D eigenvalue weighted by molar-refractivity contribution is 5.99. The Morgan fingerprint density at radius 3 is 2.59 bits per heavy atom. The highest BCUT2D eigenvalue weighted by atomic mass is 16.1. The Kier molecular flexibility index (Phi) is 4.58. The molecule has 17 heavy (non-hydrogen) atoms. The highest BCUT2D eigenvalue weighted by Gasteiger charge is 2.27. The van der Waals surface area contributed by atoms with Crippen LogP contribution in [0.3, 0.4) is 0 Å². The minimum atomic E-state index is 0.224. The molecule has 2 rings (SSSR count). The van der Waals surface area contributed by atoms with Crippen molar-refractivity contribution in [3.63, 3.8) is 0 Å². The number of carbonyl (C=O) groups excluding carboxylic acids is 1. The Morgan fingerprint density at radius 1 is 1.24 bits per heavy atom. The molecule has 1 atom stereocenters. The standard InChI is InChI=1S/C16H24O/c1-2-3-12-15(13-8-4-5-9-13)16(17)14-10-6-7-11-14/h8,10,15H,2-7,9,11-12H2,1H3. The molecule has 0 aromatic heterocycles. The summed E-state index contributed by atoms with van der Waals surface area (Å²) < 4.78 is 0. The molecule has 0 saturated heterocycles. The number of hydrogen-bond acceptors (Lipinski definition) is 1. The first-order chi connectivity index (χ1) is 8.33. The molecule has 0 aliphatic heterocycles. The van der Waals surface area contributed by atoms with Crippen molar-refractivity contribution in [1.29, 1.82) is 0 Å². The fourth-order valence-electron chi connectivity index (χ4n) is 3.02. The number of carbonyl (C=O) groups is 1. The molecule has 0 heterocycles. The third-order valence-electron chi connectivity index (χ3n) is 4.04.